The zero-order chi connectivity index (χ0) is 16.2. The Hall–Kier alpha value is -0.610. The van der Waals surface area contributed by atoms with Gasteiger partial charge in [0.15, 0.2) is 5.96 Å². The number of guanidine groups is 1. The van der Waals surface area contributed by atoms with Crippen molar-refractivity contribution >= 4 is 35.8 Å². The summed E-state index contributed by atoms with van der Waals surface area (Å²) in [6, 6.07) is 0.300. The second-order valence-corrected chi connectivity index (χ2v) is 6.92. The molecule has 0 aliphatic carbocycles. The van der Waals surface area contributed by atoms with Gasteiger partial charge in [0.1, 0.15) is 6.54 Å². The van der Waals surface area contributed by atoms with Gasteiger partial charge in [0.05, 0.1) is 24.9 Å². The van der Waals surface area contributed by atoms with Crippen LogP contribution in [0.4, 0.5) is 0 Å². The fraction of sp³-hybridized carbons (Fsp3) is 0.875. The standard InChI is InChI=1S/C16H28N4O3.HI/c1-20(2)15(21)9-18-16(17-8-11-5-6-22-10-11)19-13-7-12-3-4-14(13)23-12;/h11-14H,3-10H2,1-2H3,(H2,17,18,19);1H. The first kappa shape index (κ1) is 19.7. The van der Waals surface area contributed by atoms with Crippen molar-refractivity contribution in [3.63, 3.8) is 0 Å². The van der Waals surface area contributed by atoms with E-state index < -0.39 is 0 Å². The van der Waals surface area contributed by atoms with Gasteiger partial charge in [0.25, 0.3) is 0 Å². The van der Waals surface area contributed by atoms with Crippen LogP contribution in [0.15, 0.2) is 4.99 Å². The molecule has 0 aromatic rings. The van der Waals surface area contributed by atoms with E-state index in [4.69, 9.17) is 9.47 Å². The molecular weight excluding hydrogens is 423 g/mol. The molecule has 3 heterocycles. The molecule has 3 fully saturated rings. The fourth-order valence-corrected chi connectivity index (χ4v) is 3.39. The van der Waals surface area contributed by atoms with Crippen molar-refractivity contribution in [3.05, 3.63) is 0 Å². The number of amides is 1. The van der Waals surface area contributed by atoms with Crippen molar-refractivity contribution < 1.29 is 14.3 Å². The number of carbonyl (C=O) groups excluding carboxylic acids is 1. The van der Waals surface area contributed by atoms with E-state index >= 15 is 0 Å². The molecule has 0 spiro atoms. The SMILES string of the molecule is CN(C)C(=O)CN=C(NCC1CCOC1)NC1CC2CCC1O2.I. The lowest BCUT2D eigenvalue weighted by Gasteiger charge is -2.23. The Labute approximate surface area is 160 Å². The van der Waals surface area contributed by atoms with Crippen LogP contribution in [0.2, 0.25) is 0 Å². The van der Waals surface area contributed by atoms with Gasteiger partial charge in [-0.25, -0.2) is 4.99 Å². The van der Waals surface area contributed by atoms with E-state index in [0.29, 0.717) is 24.0 Å². The van der Waals surface area contributed by atoms with E-state index in [0.717, 1.165) is 39.0 Å². The van der Waals surface area contributed by atoms with Crippen LogP contribution in [-0.4, -0.2) is 75.4 Å². The number of fused-ring (bicyclic) bond motifs is 2. The molecule has 3 rings (SSSR count). The quantitative estimate of drug-likeness (QED) is 0.363. The number of nitrogens with one attached hydrogen (secondary N) is 2. The van der Waals surface area contributed by atoms with Crippen LogP contribution in [-0.2, 0) is 14.3 Å². The topological polar surface area (TPSA) is 75.2 Å². The summed E-state index contributed by atoms with van der Waals surface area (Å²) >= 11 is 0. The lowest BCUT2D eigenvalue weighted by Crippen LogP contribution is -2.48. The Morgan fingerprint density at radius 2 is 2.12 bits per heavy atom. The summed E-state index contributed by atoms with van der Waals surface area (Å²) in [5.74, 6) is 1.23. The van der Waals surface area contributed by atoms with Crippen LogP contribution in [0.5, 0.6) is 0 Å². The summed E-state index contributed by atoms with van der Waals surface area (Å²) in [5.41, 5.74) is 0. The zero-order valence-corrected chi connectivity index (χ0v) is 16.8. The number of likely N-dealkylation sites (N-methyl/N-ethyl adjacent to an activating group) is 1. The van der Waals surface area contributed by atoms with Gasteiger partial charge in [-0.1, -0.05) is 0 Å². The smallest absolute Gasteiger partial charge is 0.243 e. The second-order valence-electron chi connectivity index (χ2n) is 6.92. The molecule has 7 nitrogen and oxygen atoms in total. The molecule has 24 heavy (non-hydrogen) atoms. The minimum absolute atomic E-state index is 0. The zero-order valence-electron chi connectivity index (χ0n) is 14.5. The highest BCUT2D eigenvalue weighted by molar-refractivity contribution is 14.0. The third-order valence-corrected chi connectivity index (χ3v) is 4.88. The predicted octanol–water partition coefficient (Wildman–Crippen LogP) is 0.584. The van der Waals surface area contributed by atoms with Crippen molar-refractivity contribution in [2.24, 2.45) is 10.9 Å². The van der Waals surface area contributed by atoms with Gasteiger partial charge in [0, 0.05) is 33.2 Å². The van der Waals surface area contributed by atoms with Crippen molar-refractivity contribution in [3.8, 4) is 0 Å². The van der Waals surface area contributed by atoms with Crippen LogP contribution in [0.1, 0.15) is 25.7 Å². The van der Waals surface area contributed by atoms with Gasteiger partial charge in [-0.05, 0) is 25.7 Å². The van der Waals surface area contributed by atoms with Crippen molar-refractivity contribution in [1.29, 1.82) is 0 Å². The molecule has 8 heteroatoms. The summed E-state index contributed by atoms with van der Waals surface area (Å²) in [6.07, 6.45) is 5.06. The van der Waals surface area contributed by atoms with Crippen molar-refractivity contribution in [2.75, 3.05) is 40.4 Å². The number of hydrogen-bond donors (Lipinski definition) is 2. The van der Waals surface area contributed by atoms with Gasteiger partial charge in [-0.2, -0.15) is 0 Å². The van der Waals surface area contributed by atoms with E-state index in [2.05, 4.69) is 15.6 Å². The summed E-state index contributed by atoms with van der Waals surface area (Å²) in [5, 5.41) is 6.84. The summed E-state index contributed by atoms with van der Waals surface area (Å²) < 4.78 is 11.3. The average molecular weight is 452 g/mol. The average Bonchev–Trinajstić information content (AvgIpc) is 3.26. The van der Waals surface area contributed by atoms with E-state index in [1.54, 1.807) is 19.0 Å². The normalized spacial score (nSPS) is 31.7. The Kier molecular flexibility index (Phi) is 7.55. The first-order valence-corrected chi connectivity index (χ1v) is 8.60. The molecular formula is C16H29IN4O3. The number of aliphatic imine (C=N–C) groups is 1. The number of rotatable bonds is 5. The highest BCUT2D eigenvalue weighted by Crippen LogP contribution is 2.34. The van der Waals surface area contributed by atoms with Crippen molar-refractivity contribution in [2.45, 2.75) is 43.9 Å². The van der Waals surface area contributed by atoms with Crippen LogP contribution >= 0.6 is 24.0 Å². The van der Waals surface area contributed by atoms with Crippen LogP contribution in [0, 0.1) is 5.92 Å². The number of ether oxygens (including phenoxy) is 2. The van der Waals surface area contributed by atoms with E-state index in [1.807, 2.05) is 0 Å². The monoisotopic (exact) mass is 452 g/mol. The van der Waals surface area contributed by atoms with Crippen LogP contribution in [0.3, 0.4) is 0 Å². The molecule has 3 aliphatic rings. The summed E-state index contributed by atoms with van der Waals surface area (Å²) in [7, 11) is 3.50. The number of hydrogen-bond acceptors (Lipinski definition) is 4. The molecule has 0 aromatic heterocycles. The van der Waals surface area contributed by atoms with Crippen molar-refractivity contribution in [1.82, 2.24) is 15.5 Å². The van der Waals surface area contributed by atoms with Gasteiger partial charge < -0.3 is 25.0 Å². The molecule has 0 aromatic carbocycles. The minimum Gasteiger partial charge on any atom is -0.381 e. The van der Waals surface area contributed by atoms with E-state index in [1.165, 1.54) is 6.42 Å². The lowest BCUT2D eigenvalue weighted by molar-refractivity contribution is -0.127. The number of nitrogens with zero attached hydrogens (tertiary/aromatic N) is 2. The Morgan fingerprint density at radius 3 is 2.71 bits per heavy atom. The second kappa shape index (κ2) is 9.19. The van der Waals surface area contributed by atoms with E-state index in [-0.39, 0.29) is 42.5 Å². The molecule has 3 saturated heterocycles. The first-order chi connectivity index (χ1) is 11.1. The molecule has 1 amide bonds. The summed E-state index contributed by atoms with van der Waals surface area (Å²) in [6.45, 7) is 2.62. The highest BCUT2D eigenvalue weighted by atomic mass is 127. The van der Waals surface area contributed by atoms with E-state index in [9.17, 15) is 4.79 Å². The maximum Gasteiger partial charge on any atom is 0.243 e. The molecule has 3 aliphatic heterocycles. The molecule has 2 N–H and O–H groups in total. The predicted molar refractivity (Wildman–Crippen MR) is 103 cm³/mol. The molecule has 2 bridgehead atoms. The number of carbonyl (C=O) groups is 1. The largest absolute Gasteiger partial charge is 0.381 e. The lowest BCUT2D eigenvalue weighted by atomic mass is 9.96. The van der Waals surface area contributed by atoms with Crippen LogP contribution < -0.4 is 10.6 Å². The molecule has 4 unspecified atom stereocenters. The molecule has 4 atom stereocenters. The van der Waals surface area contributed by atoms with Gasteiger partial charge in [-0.15, -0.1) is 24.0 Å². The van der Waals surface area contributed by atoms with Crippen LogP contribution in [0.25, 0.3) is 0 Å². The Balaban J connectivity index is 0.00000208. The minimum atomic E-state index is -0.000470. The third kappa shape index (κ3) is 5.19. The first-order valence-electron chi connectivity index (χ1n) is 8.60. The highest BCUT2D eigenvalue weighted by Gasteiger charge is 2.41. The number of halogens is 1. The maximum absolute atomic E-state index is 11.8. The Bertz CT molecular complexity index is 455. The molecule has 0 radical (unpaired) electrons. The maximum atomic E-state index is 11.8. The summed E-state index contributed by atoms with van der Waals surface area (Å²) in [4.78, 5) is 17.8. The van der Waals surface area contributed by atoms with Gasteiger partial charge in [0.2, 0.25) is 5.91 Å². The third-order valence-electron chi connectivity index (χ3n) is 4.88. The van der Waals surface area contributed by atoms with Gasteiger partial charge >= 0.3 is 0 Å². The molecule has 138 valence electrons. The molecule has 0 saturated carbocycles. The van der Waals surface area contributed by atoms with Gasteiger partial charge in [-0.3, -0.25) is 4.79 Å². The fourth-order valence-electron chi connectivity index (χ4n) is 3.39. The Morgan fingerprint density at radius 1 is 1.29 bits per heavy atom.